The second-order valence-corrected chi connectivity index (χ2v) is 5.28. The van der Waals surface area contributed by atoms with Gasteiger partial charge in [-0.3, -0.25) is 4.79 Å². The zero-order chi connectivity index (χ0) is 12.0. The first-order valence-corrected chi connectivity index (χ1v) is 6.05. The molecule has 0 bridgehead atoms. The summed E-state index contributed by atoms with van der Waals surface area (Å²) in [6.45, 7) is 2.21. The van der Waals surface area contributed by atoms with Crippen molar-refractivity contribution in [2.24, 2.45) is 5.41 Å². The van der Waals surface area contributed by atoms with E-state index in [2.05, 4.69) is 19.1 Å². The van der Waals surface area contributed by atoms with Crippen LogP contribution in [0.2, 0.25) is 0 Å². The van der Waals surface area contributed by atoms with Gasteiger partial charge in [0, 0.05) is 11.8 Å². The summed E-state index contributed by atoms with van der Waals surface area (Å²) in [6.07, 6.45) is 4.61. The first-order valence-electron chi connectivity index (χ1n) is 6.05. The maximum Gasteiger partial charge on any atom is 0.156 e. The van der Waals surface area contributed by atoms with E-state index in [0.29, 0.717) is 6.42 Å². The van der Waals surface area contributed by atoms with Crippen LogP contribution in [0.4, 0.5) is 0 Å². The molecule has 2 aliphatic rings. The van der Waals surface area contributed by atoms with Gasteiger partial charge >= 0.3 is 0 Å². The number of methoxy groups -OCH3 is 1. The van der Waals surface area contributed by atoms with Crippen molar-refractivity contribution < 1.29 is 9.53 Å². The van der Waals surface area contributed by atoms with Gasteiger partial charge in [-0.15, -0.1) is 0 Å². The SMILES string of the molecule is COc1ccc2c(c1)CC[C@@]1(C)CC(=O)C=C21. The molecule has 0 aliphatic heterocycles. The molecule has 2 heteroatoms. The van der Waals surface area contributed by atoms with E-state index in [4.69, 9.17) is 4.74 Å². The lowest BCUT2D eigenvalue weighted by Gasteiger charge is -2.33. The summed E-state index contributed by atoms with van der Waals surface area (Å²) in [7, 11) is 1.69. The number of hydrogen-bond donors (Lipinski definition) is 0. The Labute approximate surface area is 101 Å². The molecule has 0 aromatic heterocycles. The first kappa shape index (κ1) is 10.6. The lowest BCUT2D eigenvalue weighted by atomic mass is 9.70. The summed E-state index contributed by atoms with van der Waals surface area (Å²) in [6, 6.07) is 6.17. The van der Waals surface area contributed by atoms with Crippen molar-refractivity contribution in [3.63, 3.8) is 0 Å². The minimum atomic E-state index is 0.0681. The van der Waals surface area contributed by atoms with Gasteiger partial charge in [0.1, 0.15) is 5.75 Å². The van der Waals surface area contributed by atoms with Gasteiger partial charge in [0.05, 0.1) is 7.11 Å². The van der Waals surface area contributed by atoms with Gasteiger partial charge in [-0.05, 0) is 47.8 Å². The lowest BCUT2D eigenvalue weighted by Crippen LogP contribution is -2.22. The molecule has 2 nitrogen and oxygen atoms in total. The maximum atomic E-state index is 11.6. The number of rotatable bonds is 1. The van der Waals surface area contributed by atoms with Gasteiger partial charge in [-0.1, -0.05) is 13.0 Å². The average Bonchev–Trinajstić information content (AvgIpc) is 2.63. The Kier molecular flexibility index (Phi) is 2.15. The Bertz CT molecular complexity index is 528. The number of ether oxygens (including phenoxy) is 1. The fourth-order valence-corrected chi connectivity index (χ4v) is 3.07. The molecule has 1 atom stereocenters. The Hall–Kier alpha value is -1.57. The van der Waals surface area contributed by atoms with E-state index in [1.54, 1.807) is 7.11 Å². The Morgan fingerprint density at radius 2 is 2.18 bits per heavy atom. The van der Waals surface area contributed by atoms with Crippen LogP contribution in [0.3, 0.4) is 0 Å². The Balaban J connectivity index is 2.13. The van der Waals surface area contributed by atoms with Crippen molar-refractivity contribution >= 4 is 11.4 Å². The van der Waals surface area contributed by atoms with E-state index >= 15 is 0 Å². The number of hydrogen-bond acceptors (Lipinski definition) is 2. The predicted octanol–water partition coefficient (Wildman–Crippen LogP) is 3.00. The lowest BCUT2D eigenvalue weighted by molar-refractivity contribution is -0.115. The molecule has 0 spiro atoms. The van der Waals surface area contributed by atoms with Crippen LogP contribution >= 0.6 is 0 Å². The highest BCUT2D eigenvalue weighted by Crippen LogP contribution is 2.50. The first-order chi connectivity index (χ1) is 8.12. The standard InChI is InChI=1S/C15H16O2/c1-15-6-5-10-7-12(17-2)3-4-13(10)14(15)8-11(16)9-15/h3-4,7-8H,5-6,9H2,1-2H3/t15-/m0/s1. The molecule has 0 amide bonds. The minimum Gasteiger partial charge on any atom is -0.497 e. The molecule has 1 aromatic rings. The zero-order valence-corrected chi connectivity index (χ0v) is 10.2. The van der Waals surface area contributed by atoms with Crippen LogP contribution in [-0.2, 0) is 11.2 Å². The van der Waals surface area contributed by atoms with Gasteiger partial charge in [0.15, 0.2) is 5.78 Å². The molecule has 0 fully saturated rings. The number of carbonyl (C=O) groups is 1. The number of carbonyl (C=O) groups excluding carboxylic acids is 1. The second kappa shape index (κ2) is 3.46. The summed E-state index contributed by atoms with van der Waals surface area (Å²) < 4.78 is 5.25. The predicted molar refractivity (Wildman–Crippen MR) is 67.0 cm³/mol. The van der Waals surface area contributed by atoms with E-state index in [0.717, 1.165) is 18.6 Å². The van der Waals surface area contributed by atoms with Crippen molar-refractivity contribution in [3.05, 3.63) is 35.4 Å². The molecule has 0 heterocycles. The summed E-state index contributed by atoms with van der Waals surface area (Å²) in [5, 5.41) is 0. The van der Waals surface area contributed by atoms with Crippen molar-refractivity contribution in [3.8, 4) is 5.75 Å². The van der Waals surface area contributed by atoms with Crippen molar-refractivity contribution in [1.29, 1.82) is 0 Å². The molecule has 17 heavy (non-hydrogen) atoms. The van der Waals surface area contributed by atoms with Crippen LogP contribution < -0.4 is 4.74 Å². The normalized spacial score (nSPS) is 26.2. The highest BCUT2D eigenvalue weighted by molar-refractivity contribution is 6.04. The quantitative estimate of drug-likeness (QED) is 0.738. The monoisotopic (exact) mass is 228 g/mol. The van der Waals surface area contributed by atoms with Crippen molar-refractivity contribution in [2.45, 2.75) is 26.2 Å². The molecular formula is C15H16O2. The van der Waals surface area contributed by atoms with Gasteiger partial charge in [0.25, 0.3) is 0 Å². The number of fused-ring (bicyclic) bond motifs is 3. The third-order valence-electron chi connectivity index (χ3n) is 4.07. The Morgan fingerprint density at radius 1 is 1.35 bits per heavy atom. The highest BCUT2D eigenvalue weighted by atomic mass is 16.5. The molecule has 1 aromatic carbocycles. The zero-order valence-electron chi connectivity index (χ0n) is 10.2. The number of aryl methyl sites for hydroxylation is 1. The molecular weight excluding hydrogens is 212 g/mol. The molecule has 0 radical (unpaired) electrons. The van der Waals surface area contributed by atoms with Gasteiger partial charge in [0.2, 0.25) is 0 Å². The number of benzene rings is 1. The summed E-state index contributed by atoms with van der Waals surface area (Å²) in [5.41, 5.74) is 3.85. The van der Waals surface area contributed by atoms with Crippen LogP contribution in [0.5, 0.6) is 5.75 Å². The fourth-order valence-electron chi connectivity index (χ4n) is 3.07. The molecule has 3 rings (SSSR count). The fraction of sp³-hybridized carbons (Fsp3) is 0.400. The second-order valence-electron chi connectivity index (χ2n) is 5.28. The molecule has 0 saturated heterocycles. The smallest absolute Gasteiger partial charge is 0.156 e. The van der Waals surface area contributed by atoms with Crippen LogP contribution in [-0.4, -0.2) is 12.9 Å². The van der Waals surface area contributed by atoms with E-state index in [-0.39, 0.29) is 11.2 Å². The van der Waals surface area contributed by atoms with Crippen LogP contribution in [0.25, 0.3) is 5.57 Å². The van der Waals surface area contributed by atoms with Crippen LogP contribution in [0.15, 0.2) is 24.3 Å². The summed E-state index contributed by atoms with van der Waals surface area (Å²) >= 11 is 0. The van der Waals surface area contributed by atoms with Crippen molar-refractivity contribution in [1.82, 2.24) is 0 Å². The third-order valence-corrected chi connectivity index (χ3v) is 4.07. The largest absolute Gasteiger partial charge is 0.497 e. The van der Waals surface area contributed by atoms with Gasteiger partial charge in [-0.25, -0.2) is 0 Å². The number of ketones is 1. The maximum absolute atomic E-state index is 11.6. The molecule has 0 unspecified atom stereocenters. The molecule has 0 N–H and O–H groups in total. The van der Waals surface area contributed by atoms with Crippen LogP contribution in [0, 0.1) is 5.41 Å². The summed E-state index contributed by atoms with van der Waals surface area (Å²) in [5.74, 6) is 1.17. The Morgan fingerprint density at radius 3 is 2.94 bits per heavy atom. The minimum absolute atomic E-state index is 0.0681. The molecule has 2 aliphatic carbocycles. The van der Waals surface area contributed by atoms with E-state index in [1.165, 1.54) is 16.7 Å². The topological polar surface area (TPSA) is 26.3 Å². The van der Waals surface area contributed by atoms with E-state index in [1.807, 2.05) is 12.1 Å². The van der Waals surface area contributed by atoms with E-state index < -0.39 is 0 Å². The van der Waals surface area contributed by atoms with Gasteiger partial charge in [-0.2, -0.15) is 0 Å². The van der Waals surface area contributed by atoms with E-state index in [9.17, 15) is 4.79 Å². The molecule has 0 saturated carbocycles. The van der Waals surface area contributed by atoms with Gasteiger partial charge < -0.3 is 4.74 Å². The third kappa shape index (κ3) is 1.51. The average molecular weight is 228 g/mol. The van der Waals surface area contributed by atoms with Crippen LogP contribution in [0.1, 0.15) is 30.9 Å². The molecule has 88 valence electrons. The number of allylic oxidation sites excluding steroid dienone is 2. The summed E-state index contributed by atoms with van der Waals surface area (Å²) in [4.78, 5) is 11.6. The van der Waals surface area contributed by atoms with Crippen molar-refractivity contribution in [2.75, 3.05) is 7.11 Å². The highest BCUT2D eigenvalue weighted by Gasteiger charge is 2.40.